The van der Waals surface area contributed by atoms with Crippen LogP contribution in [0.3, 0.4) is 0 Å². The number of pyridine rings is 1. The van der Waals surface area contributed by atoms with Gasteiger partial charge in [0.2, 0.25) is 11.8 Å². The number of carbonyl (C=O) groups is 2. The molecule has 2 aliphatic heterocycles. The molecule has 0 saturated carbocycles. The maximum absolute atomic E-state index is 14.6. The summed E-state index contributed by atoms with van der Waals surface area (Å²) in [6.07, 6.45) is 0.208. The van der Waals surface area contributed by atoms with Crippen molar-refractivity contribution in [3.05, 3.63) is 17.4 Å². The van der Waals surface area contributed by atoms with Gasteiger partial charge < -0.3 is 19.7 Å². The van der Waals surface area contributed by atoms with Gasteiger partial charge in [0, 0.05) is 31.6 Å². The second-order valence-electron chi connectivity index (χ2n) is 9.04. The number of carbonyl (C=O) groups excluding carboxylic acids is 2. The van der Waals surface area contributed by atoms with Gasteiger partial charge in [0.15, 0.2) is 11.6 Å². The smallest absolute Gasteiger partial charge is 0.410 e. The van der Waals surface area contributed by atoms with E-state index in [1.165, 1.54) is 16.9 Å². The lowest BCUT2D eigenvalue weighted by atomic mass is 10.2. The van der Waals surface area contributed by atoms with Crippen LogP contribution >= 0.6 is 0 Å². The van der Waals surface area contributed by atoms with Crippen LogP contribution in [0.15, 0.2) is 6.07 Å². The average molecular weight is 458 g/mol. The van der Waals surface area contributed by atoms with Crippen molar-refractivity contribution in [1.29, 1.82) is 0 Å². The molecule has 2 amide bonds. The summed E-state index contributed by atoms with van der Waals surface area (Å²) in [5, 5.41) is 2.68. The second kappa shape index (κ2) is 9.03. The number of ether oxygens (including phenoxy) is 2. The lowest BCUT2D eigenvalue weighted by molar-refractivity contribution is -0.125. The van der Waals surface area contributed by atoms with Crippen LogP contribution in [-0.2, 0) is 16.1 Å². The fourth-order valence-electron chi connectivity index (χ4n) is 3.82. The van der Waals surface area contributed by atoms with Gasteiger partial charge in [-0.05, 0) is 39.7 Å². The third kappa shape index (κ3) is 5.55. The van der Waals surface area contributed by atoms with Crippen molar-refractivity contribution >= 4 is 17.8 Å². The monoisotopic (exact) mass is 458 g/mol. The van der Waals surface area contributed by atoms with Crippen LogP contribution in [0, 0.1) is 5.82 Å². The van der Waals surface area contributed by atoms with Crippen molar-refractivity contribution in [2.45, 2.75) is 64.1 Å². The Morgan fingerprint density at radius 1 is 1.31 bits per heavy atom. The van der Waals surface area contributed by atoms with Crippen LogP contribution in [0.4, 0.5) is 23.8 Å². The molecule has 0 aromatic carbocycles. The van der Waals surface area contributed by atoms with Gasteiger partial charge in [-0.2, -0.15) is 4.98 Å². The molecule has 0 unspecified atom stereocenters. The van der Waals surface area contributed by atoms with Gasteiger partial charge in [-0.15, -0.1) is 0 Å². The molecule has 1 atom stereocenters. The summed E-state index contributed by atoms with van der Waals surface area (Å²) >= 11 is 0. The Balaban J connectivity index is 1.67. The normalized spacial score (nSPS) is 20.4. The molecule has 1 aromatic rings. The third-order valence-corrected chi connectivity index (χ3v) is 5.30. The van der Waals surface area contributed by atoms with Crippen LogP contribution in [0.2, 0.25) is 0 Å². The van der Waals surface area contributed by atoms with Gasteiger partial charge in [0.1, 0.15) is 11.6 Å². The van der Waals surface area contributed by atoms with Crippen molar-refractivity contribution in [2.24, 2.45) is 0 Å². The van der Waals surface area contributed by atoms with Gasteiger partial charge in [0.25, 0.3) is 5.92 Å². The fourth-order valence-corrected chi connectivity index (χ4v) is 3.82. The molecule has 2 saturated heterocycles. The molecule has 0 spiro atoms. The number of nitrogens with one attached hydrogen (secondary N) is 1. The number of anilines is 1. The molecule has 0 radical (unpaired) electrons. The zero-order valence-electron chi connectivity index (χ0n) is 18.7. The van der Waals surface area contributed by atoms with Crippen LogP contribution in [0.1, 0.15) is 45.6 Å². The average Bonchev–Trinajstić information content (AvgIpc) is 3.31. The first-order valence-corrected chi connectivity index (χ1v) is 10.5. The number of halogens is 3. The molecule has 1 N–H and O–H groups in total. The lowest BCUT2D eigenvalue weighted by Gasteiger charge is -2.28. The molecule has 2 fully saturated rings. The SMILES string of the molecule is COc1nc(N2CCC(F)(F)C2)c(F)cc1CNC(=O)[C@@H]1CCCN1C(=O)OC(C)(C)C. The minimum atomic E-state index is -2.89. The molecular weight excluding hydrogens is 429 g/mol. The van der Waals surface area contributed by atoms with Crippen LogP contribution in [-0.4, -0.2) is 66.2 Å². The van der Waals surface area contributed by atoms with Gasteiger partial charge in [-0.3, -0.25) is 9.69 Å². The zero-order chi connectivity index (χ0) is 23.7. The highest BCUT2D eigenvalue weighted by atomic mass is 19.3. The molecule has 0 bridgehead atoms. The van der Waals surface area contributed by atoms with E-state index in [2.05, 4.69) is 10.3 Å². The molecule has 2 aliphatic rings. The zero-order valence-corrected chi connectivity index (χ0v) is 18.7. The Bertz CT molecular complexity index is 875. The predicted octanol–water partition coefficient (Wildman–Crippen LogP) is 3.09. The van der Waals surface area contributed by atoms with Gasteiger partial charge in [-0.25, -0.2) is 18.0 Å². The fraction of sp³-hybridized carbons (Fsp3) is 0.667. The maximum Gasteiger partial charge on any atom is 0.410 e. The number of methoxy groups -OCH3 is 1. The van der Waals surface area contributed by atoms with Crippen LogP contribution in [0.25, 0.3) is 0 Å². The summed E-state index contributed by atoms with van der Waals surface area (Å²) in [7, 11) is 1.33. The number of alkyl halides is 2. The van der Waals surface area contributed by atoms with E-state index in [-0.39, 0.29) is 36.8 Å². The maximum atomic E-state index is 14.6. The number of likely N-dealkylation sites (tertiary alicyclic amines) is 1. The molecule has 1 aromatic heterocycles. The van der Waals surface area contributed by atoms with E-state index in [1.807, 2.05) is 0 Å². The Kier molecular flexibility index (Phi) is 6.75. The lowest BCUT2D eigenvalue weighted by Crippen LogP contribution is -2.47. The Morgan fingerprint density at radius 2 is 2.03 bits per heavy atom. The molecule has 0 aliphatic carbocycles. The Morgan fingerprint density at radius 3 is 2.62 bits per heavy atom. The quantitative estimate of drug-likeness (QED) is 0.730. The number of nitrogens with zero attached hydrogens (tertiary/aromatic N) is 3. The molecule has 11 heteroatoms. The highest BCUT2D eigenvalue weighted by molar-refractivity contribution is 5.86. The topological polar surface area (TPSA) is 84.0 Å². The second-order valence-corrected chi connectivity index (χ2v) is 9.04. The summed E-state index contributed by atoms with van der Waals surface area (Å²) in [5.74, 6) is -4.24. The molecular formula is C21H29F3N4O4. The van der Waals surface area contributed by atoms with Crippen LogP contribution in [0.5, 0.6) is 5.88 Å². The predicted molar refractivity (Wildman–Crippen MR) is 110 cm³/mol. The summed E-state index contributed by atoms with van der Waals surface area (Å²) in [6.45, 7) is 4.92. The molecule has 3 heterocycles. The first-order valence-electron chi connectivity index (χ1n) is 10.5. The molecule has 32 heavy (non-hydrogen) atoms. The van der Waals surface area contributed by atoms with Crippen molar-refractivity contribution in [1.82, 2.24) is 15.2 Å². The van der Waals surface area contributed by atoms with E-state index in [4.69, 9.17) is 9.47 Å². The summed E-state index contributed by atoms with van der Waals surface area (Å²) < 4.78 is 52.2. The largest absolute Gasteiger partial charge is 0.481 e. The third-order valence-electron chi connectivity index (χ3n) is 5.30. The van der Waals surface area contributed by atoms with Gasteiger partial charge in [0.05, 0.1) is 13.7 Å². The van der Waals surface area contributed by atoms with E-state index >= 15 is 0 Å². The molecule has 8 nitrogen and oxygen atoms in total. The van der Waals surface area contributed by atoms with E-state index in [0.29, 0.717) is 19.4 Å². The van der Waals surface area contributed by atoms with E-state index in [9.17, 15) is 22.8 Å². The summed E-state index contributed by atoms with van der Waals surface area (Å²) in [5.41, 5.74) is -0.423. The number of hydrogen-bond donors (Lipinski definition) is 1. The highest BCUT2D eigenvalue weighted by Gasteiger charge is 2.40. The number of rotatable bonds is 5. The van der Waals surface area contributed by atoms with E-state index in [1.54, 1.807) is 20.8 Å². The minimum absolute atomic E-state index is 0.0155. The number of amides is 2. The minimum Gasteiger partial charge on any atom is -0.481 e. The van der Waals surface area contributed by atoms with Gasteiger partial charge >= 0.3 is 6.09 Å². The summed E-state index contributed by atoms with van der Waals surface area (Å²) in [6, 6.07) is 0.429. The summed E-state index contributed by atoms with van der Waals surface area (Å²) in [4.78, 5) is 31.7. The molecule has 3 rings (SSSR count). The Hall–Kier alpha value is -2.72. The standard InChI is InChI=1S/C21H29F3N4O4/c1-20(2,3)32-19(30)28-8-5-6-15(28)17(29)25-11-13-10-14(22)16(26-18(13)31-4)27-9-7-21(23,24)12-27/h10,15H,5-9,11-12H2,1-4H3,(H,25,29)/t15-/m0/s1. The number of aromatic nitrogens is 1. The van der Waals surface area contributed by atoms with Crippen molar-refractivity contribution < 1.29 is 32.2 Å². The van der Waals surface area contributed by atoms with Crippen molar-refractivity contribution in [3.63, 3.8) is 0 Å². The first kappa shape index (κ1) is 23.9. The van der Waals surface area contributed by atoms with Crippen molar-refractivity contribution in [3.8, 4) is 5.88 Å². The van der Waals surface area contributed by atoms with Crippen molar-refractivity contribution in [2.75, 3.05) is 31.6 Å². The molecule has 178 valence electrons. The van der Waals surface area contributed by atoms with E-state index in [0.717, 1.165) is 6.07 Å². The highest BCUT2D eigenvalue weighted by Crippen LogP contribution is 2.33. The van der Waals surface area contributed by atoms with E-state index < -0.39 is 41.9 Å². The Labute approximate surface area is 185 Å². The number of hydrogen-bond acceptors (Lipinski definition) is 6. The van der Waals surface area contributed by atoms with Crippen LogP contribution < -0.4 is 15.0 Å². The first-order chi connectivity index (χ1) is 14.9. The van der Waals surface area contributed by atoms with Gasteiger partial charge in [-0.1, -0.05) is 0 Å².